The molecule has 2 N–H and O–H groups in total. The predicted molar refractivity (Wildman–Crippen MR) is 183 cm³/mol. The Bertz CT molecular complexity index is 1550. The smallest absolute Gasteiger partial charge is 0.410 e. The van der Waals surface area contributed by atoms with Gasteiger partial charge in [0.05, 0.1) is 12.1 Å². The number of rotatable bonds is 14. The van der Waals surface area contributed by atoms with Gasteiger partial charge in [-0.25, -0.2) is 4.79 Å². The van der Waals surface area contributed by atoms with Crippen LogP contribution in [0.15, 0.2) is 121 Å². The van der Waals surface area contributed by atoms with Crippen LogP contribution < -0.4 is 10.1 Å². The van der Waals surface area contributed by atoms with E-state index in [9.17, 15) is 19.5 Å². The number of aliphatic hydroxyl groups is 1. The van der Waals surface area contributed by atoms with Gasteiger partial charge in [-0.3, -0.25) is 14.5 Å². The van der Waals surface area contributed by atoms with E-state index in [4.69, 9.17) is 9.47 Å². The number of nitrogens with zero attached hydrogens (tertiary/aromatic N) is 2. The number of carbonyl (C=O) groups excluding carboxylic acids is 3. The van der Waals surface area contributed by atoms with Crippen molar-refractivity contribution >= 4 is 17.9 Å². The molecule has 1 aliphatic rings. The summed E-state index contributed by atoms with van der Waals surface area (Å²) in [6.45, 7) is 0.615. The number of para-hydroxylation sites is 1. The fraction of sp³-hybridized carbons (Fsp3) is 0.308. The Kier molecular flexibility index (Phi) is 12.2. The molecule has 0 aliphatic carbocycles. The van der Waals surface area contributed by atoms with Crippen molar-refractivity contribution in [2.45, 2.75) is 50.0 Å². The summed E-state index contributed by atoms with van der Waals surface area (Å²) in [5, 5.41) is 15.0. The Hall–Kier alpha value is -5.15. The van der Waals surface area contributed by atoms with Crippen LogP contribution in [0.5, 0.6) is 5.75 Å². The van der Waals surface area contributed by atoms with E-state index < -0.39 is 30.2 Å². The van der Waals surface area contributed by atoms with Gasteiger partial charge in [0.25, 0.3) is 5.91 Å². The molecule has 9 nitrogen and oxygen atoms in total. The molecular formula is C39H43N3O6. The number of amides is 3. The van der Waals surface area contributed by atoms with Crippen molar-refractivity contribution in [2.75, 3.05) is 26.7 Å². The molecule has 9 heteroatoms. The number of hydrogen-bond acceptors (Lipinski definition) is 6. The van der Waals surface area contributed by atoms with E-state index in [1.807, 2.05) is 109 Å². The zero-order valence-electron chi connectivity index (χ0n) is 27.2. The lowest BCUT2D eigenvalue weighted by molar-refractivity contribution is -0.132. The van der Waals surface area contributed by atoms with Gasteiger partial charge in [-0.05, 0) is 48.1 Å². The molecule has 48 heavy (non-hydrogen) atoms. The van der Waals surface area contributed by atoms with Crippen molar-refractivity contribution in [1.29, 1.82) is 0 Å². The standard InChI is InChI=1S/C39H43N3O6/c1-41(35(44)28-47-32-21-12-5-13-22-32)26-24-34(43)37(36(30-17-8-3-9-18-30)31-19-10-4-11-20-31)40-38(45)33-23-14-25-42(33)39(46)48-27-29-15-6-2-7-16-29/h2-13,15-22,33-34,36-37,43H,14,23-28H2,1H3,(H,40,45). The van der Waals surface area contributed by atoms with Gasteiger partial charge in [0.2, 0.25) is 5.91 Å². The number of ether oxygens (including phenoxy) is 2. The Balaban J connectivity index is 1.32. The zero-order chi connectivity index (χ0) is 33.7. The number of likely N-dealkylation sites (N-methyl/N-ethyl adjacent to an activating group) is 1. The first-order valence-electron chi connectivity index (χ1n) is 16.4. The summed E-state index contributed by atoms with van der Waals surface area (Å²) in [5.74, 6) is -0.398. The lowest BCUT2D eigenvalue weighted by atomic mass is 9.81. The normalized spacial score (nSPS) is 15.4. The van der Waals surface area contributed by atoms with Gasteiger partial charge in [0, 0.05) is 26.1 Å². The maximum Gasteiger partial charge on any atom is 0.410 e. The molecule has 1 saturated heterocycles. The SMILES string of the molecule is CN(CCC(O)C(NC(=O)C1CCCN1C(=O)OCc1ccccc1)C(c1ccccc1)c1ccccc1)C(=O)COc1ccccc1. The van der Waals surface area contributed by atoms with Gasteiger partial charge in [0.1, 0.15) is 18.4 Å². The fourth-order valence-corrected chi connectivity index (χ4v) is 6.05. The van der Waals surface area contributed by atoms with Crippen LogP contribution in [0.3, 0.4) is 0 Å². The molecule has 0 radical (unpaired) electrons. The van der Waals surface area contributed by atoms with Crippen molar-refractivity contribution in [1.82, 2.24) is 15.1 Å². The number of carbonyl (C=O) groups is 3. The summed E-state index contributed by atoms with van der Waals surface area (Å²) >= 11 is 0. The average molecular weight is 650 g/mol. The molecule has 250 valence electrons. The van der Waals surface area contributed by atoms with Crippen molar-refractivity contribution in [3.05, 3.63) is 138 Å². The quantitative estimate of drug-likeness (QED) is 0.190. The number of hydrogen-bond donors (Lipinski definition) is 2. The van der Waals surface area contributed by atoms with Crippen LogP contribution in [0.1, 0.15) is 41.9 Å². The van der Waals surface area contributed by atoms with Crippen molar-refractivity contribution in [2.24, 2.45) is 0 Å². The minimum Gasteiger partial charge on any atom is -0.484 e. The molecule has 1 aliphatic heterocycles. The van der Waals surface area contributed by atoms with Crippen LogP contribution in [0.2, 0.25) is 0 Å². The highest BCUT2D eigenvalue weighted by Crippen LogP contribution is 2.31. The van der Waals surface area contributed by atoms with Crippen LogP contribution in [0.4, 0.5) is 4.79 Å². The third-order valence-electron chi connectivity index (χ3n) is 8.69. The van der Waals surface area contributed by atoms with E-state index >= 15 is 0 Å². The topological polar surface area (TPSA) is 108 Å². The second kappa shape index (κ2) is 17.1. The van der Waals surface area contributed by atoms with Crippen molar-refractivity contribution in [3.63, 3.8) is 0 Å². The highest BCUT2D eigenvalue weighted by atomic mass is 16.6. The average Bonchev–Trinajstić information content (AvgIpc) is 3.64. The number of benzene rings is 4. The van der Waals surface area contributed by atoms with Crippen LogP contribution >= 0.6 is 0 Å². The summed E-state index contributed by atoms with van der Waals surface area (Å²) in [7, 11) is 1.67. The highest BCUT2D eigenvalue weighted by molar-refractivity contribution is 5.86. The first-order valence-corrected chi connectivity index (χ1v) is 16.4. The van der Waals surface area contributed by atoms with Crippen LogP contribution in [0, 0.1) is 0 Å². The van der Waals surface area contributed by atoms with Crippen LogP contribution in [-0.4, -0.2) is 77.7 Å². The summed E-state index contributed by atoms with van der Waals surface area (Å²) in [6, 6.07) is 36.5. The molecule has 0 bridgehead atoms. The molecule has 1 heterocycles. The van der Waals surface area contributed by atoms with E-state index in [1.54, 1.807) is 19.2 Å². The molecule has 4 aromatic carbocycles. The van der Waals surface area contributed by atoms with E-state index in [1.165, 1.54) is 9.80 Å². The van der Waals surface area contributed by atoms with Crippen LogP contribution in [0.25, 0.3) is 0 Å². The summed E-state index contributed by atoms with van der Waals surface area (Å²) in [5.41, 5.74) is 2.69. The maximum absolute atomic E-state index is 14.0. The van der Waals surface area contributed by atoms with E-state index in [0.29, 0.717) is 25.1 Å². The predicted octanol–water partition coefficient (Wildman–Crippen LogP) is 5.39. The van der Waals surface area contributed by atoms with Crippen LogP contribution in [-0.2, 0) is 20.9 Å². The molecule has 4 aromatic rings. The molecule has 0 spiro atoms. The number of aliphatic hydroxyl groups excluding tert-OH is 1. The van der Waals surface area contributed by atoms with Gasteiger partial charge in [-0.15, -0.1) is 0 Å². The number of nitrogens with one attached hydrogen (secondary N) is 1. The fourth-order valence-electron chi connectivity index (χ4n) is 6.05. The largest absolute Gasteiger partial charge is 0.484 e. The second-order valence-corrected chi connectivity index (χ2v) is 12.0. The van der Waals surface area contributed by atoms with Gasteiger partial charge < -0.3 is 24.8 Å². The molecule has 5 rings (SSSR count). The lowest BCUT2D eigenvalue weighted by Gasteiger charge is -2.35. The molecule has 3 atom stereocenters. The molecule has 3 amide bonds. The zero-order valence-corrected chi connectivity index (χ0v) is 27.2. The van der Waals surface area contributed by atoms with E-state index in [-0.39, 0.29) is 38.0 Å². The van der Waals surface area contributed by atoms with Gasteiger partial charge in [-0.1, -0.05) is 109 Å². The highest BCUT2D eigenvalue weighted by Gasteiger charge is 2.39. The second-order valence-electron chi connectivity index (χ2n) is 12.0. The lowest BCUT2D eigenvalue weighted by Crippen LogP contribution is -2.54. The van der Waals surface area contributed by atoms with E-state index in [0.717, 1.165) is 16.7 Å². The third-order valence-corrected chi connectivity index (χ3v) is 8.69. The molecule has 0 saturated carbocycles. The first kappa shape index (κ1) is 34.2. The summed E-state index contributed by atoms with van der Waals surface area (Å²) < 4.78 is 11.2. The van der Waals surface area contributed by atoms with E-state index in [2.05, 4.69) is 5.32 Å². The van der Waals surface area contributed by atoms with Gasteiger partial charge in [-0.2, -0.15) is 0 Å². The molecule has 1 fully saturated rings. The maximum atomic E-state index is 14.0. The molecule has 0 aromatic heterocycles. The van der Waals surface area contributed by atoms with Crippen molar-refractivity contribution in [3.8, 4) is 5.75 Å². The first-order chi connectivity index (χ1) is 23.4. The minimum atomic E-state index is -1.04. The Morgan fingerprint density at radius 2 is 1.42 bits per heavy atom. The Morgan fingerprint density at radius 3 is 2.02 bits per heavy atom. The monoisotopic (exact) mass is 649 g/mol. The van der Waals surface area contributed by atoms with Gasteiger partial charge in [0.15, 0.2) is 6.61 Å². The Labute approximate surface area is 282 Å². The van der Waals surface area contributed by atoms with Crippen molar-refractivity contribution < 1.29 is 29.0 Å². The Morgan fingerprint density at radius 1 is 0.854 bits per heavy atom. The number of likely N-dealkylation sites (tertiary alicyclic amines) is 1. The third kappa shape index (κ3) is 9.23. The summed E-state index contributed by atoms with van der Waals surface area (Å²) in [4.78, 5) is 43.0. The minimum absolute atomic E-state index is 0.110. The molecule has 3 unspecified atom stereocenters. The summed E-state index contributed by atoms with van der Waals surface area (Å²) in [6.07, 6.45) is -0.249. The van der Waals surface area contributed by atoms with Gasteiger partial charge >= 0.3 is 6.09 Å². The molecular weight excluding hydrogens is 606 g/mol.